The molecule has 7 heteroatoms. The molecule has 34 heavy (non-hydrogen) atoms. The van der Waals surface area contributed by atoms with Gasteiger partial charge in [-0.25, -0.2) is 4.39 Å². The number of nitrogens with zero attached hydrogens (tertiary/aromatic N) is 2. The number of amides is 1. The number of Topliss-reactive ketones (excluding diaryl/α,β-unsaturated/α-hetero) is 1. The van der Waals surface area contributed by atoms with Gasteiger partial charge < -0.3 is 14.7 Å². The highest BCUT2D eigenvalue weighted by atomic mass is 19.1. The Balaban J connectivity index is 1.70. The third-order valence-electron chi connectivity index (χ3n) is 6.23. The molecule has 1 N–H and O–H groups in total. The molecule has 1 atom stereocenters. The zero-order valence-electron chi connectivity index (χ0n) is 18.8. The second-order valence-electron chi connectivity index (χ2n) is 8.51. The van der Waals surface area contributed by atoms with Gasteiger partial charge in [-0.05, 0) is 55.0 Å². The highest BCUT2D eigenvalue weighted by Gasteiger charge is 2.47. The number of ether oxygens (including phenoxy) is 1. The summed E-state index contributed by atoms with van der Waals surface area (Å²) in [5.74, 6) is -1.61. The van der Waals surface area contributed by atoms with Crippen LogP contribution >= 0.6 is 0 Å². The van der Waals surface area contributed by atoms with Crippen LogP contribution in [0.2, 0.25) is 0 Å². The van der Waals surface area contributed by atoms with Crippen molar-refractivity contribution in [2.45, 2.75) is 13.0 Å². The Labute approximate surface area is 196 Å². The first-order valence-electron chi connectivity index (χ1n) is 11.0. The lowest BCUT2D eigenvalue weighted by atomic mass is 9.94. The SMILES string of the molecule is Cc1cccc(C2/C(=C(/O)c3ccc4c(c3)N(C)CCO4)C(=O)C(=O)N2c2ccc(F)cc2)c1. The fourth-order valence-electron chi connectivity index (χ4n) is 4.51. The van der Waals surface area contributed by atoms with E-state index in [1.54, 1.807) is 18.2 Å². The molecule has 0 radical (unpaired) electrons. The summed E-state index contributed by atoms with van der Waals surface area (Å²) in [5.41, 5.74) is 3.16. The van der Waals surface area contributed by atoms with E-state index in [1.165, 1.54) is 29.2 Å². The summed E-state index contributed by atoms with van der Waals surface area (Å²) in [4.78, 5) is 29.8. The van der Waals surface area contributed by atoms with Gasteiger partial charge in [-0.2, -0.15) is 0 Å². The molecule has 3 aromatic rings. The summed E-state index contributed by atoms with van der Waals surface area (Å²) in [6, 6.07) is 17.1. The number of hydrogen-bond donors (Lipinski definition) is 1. The van der Waals surface area contributed by atoms with Gasteiger partial charge in [0, 0.05) is 18.3 Å². The van der Waals surface area contributed by atoms with E-state index < -0.39 is 23.5 Å². The number of carbonyl (C=O) groups is 2. The second kappa shape index (κ2) is 8.33. The zero-order valence-corrected chi connectivity index (χ0v) is 18.8. The van der Waals surface area contributed by atoms with E-state index >= 15 is 0 Å². The number of aryl methyl sites for hydroxylation is 1. The lowest BCUT2D eigenvalue weighted by Gasteiger charge is -2.28. The van der Waals surface area contributed by atoms with Gasteiger partial charge >= 0.3 is 0 Å². The highest BCUT2D eigenvalue weighted by Crippen LogP contribution is 2.43. The fraction of sp³-hybridized carbons (Fsp3) is 0.185. The molecule has 0 aliphatic carbocycles. The molecule has 6 nitrogen and oxygen atoms in total. The van der Waals surface area contributed by atoms with Crippen molar-refractivity contribution in [1.29, 1.82) is 0 Å². The number of hydrogen-bond acceptors (Lipinski definition) is 5. The summed E-state index contributed by atoms with van der Waals surface area (Å²) in [6.07, 6.45) is 0. The van der Waals surface area contributed by atoms with Crippen LogP contribution in [0, 0.1) is 12.7 Å². The molecular weight excluding hydrogens is 435 g/mol. The number of anilines is 2. The zero-order chi connectivity index (χ0) is 24.0. The maximum atomic E-state index is 13.6. The quantitative estimate of drug-likeness (QED) is 0.353. The molecule has 2 heterocycles. The Hall–Kier alpha value is -4.13. The average molecular weight is 458 g/mol. The summed E-state index contributed by atoms with van der Waals surface area (Å²) < 4.78 is 19.3. The molecule has 2 aliphatic heterocycles. The maximum absolute atomic E-state index is 13.6. The van der Waals surface area contributed by atoms with Crippen molar-refractivity contribution >= 4 is 28.8 Å². The van der Waals surface area contributed by atoms with E-state index in [0.29, 0.717) is 35.7 Å². The second-order valence-corrected chi connectivity index (χ2v) is 8.51. The van der Waals surface area contributed by atoms with Crippen LogP contribution in [0.5, 0.6) is 5.75 Å². The topological polar surface area (TPSA) is 70.1 Å². The molecular formula is C27H23FN2O4. The van der Waals surface area contributed by atoms with Gasteiger partial charge in [-0.1, -0.05) is 29.8 Å². The third-order valence-corrected chi connectivity index (χ3v) is 6.23. The molecule has 1 amide bonds. The van der Waals surface area contributed by atoms with Gasteiger partial charge in [-0.15, -0.1) is 0 Å². The van der Waals surface area contributed by atoms with Crippen LogP contribution in [0.25, 0.3) is 5.76 Å². The Morgan fingerprint density at radius 2 is 1.82 bits per heavy atom. The number of ketones is 1. The predicted molar refractivity (Wildman–Crippen MR) is 128 cm³/mol. The number of likely N-dealkylation sites (N-methyl/N-ethyl adjacent to an activating group) is 1. The first kappa shape index (κ1) is 21.7. The van der Waals surface area contributed by atoms with Crippen molar-refractivity contribution < 1.29 is 23.8 Å². The smallest absolute Gasteiger partial charge is 0.300 e. The molecule has 5 rings (SSSR count). The Morgan fingerprint density at radius 1 is 1.06 bits per heavy atom. The van der Waals surface area contributed by atoms with Crippen LogP contribution in [-0.4, -0.2) is 37.0 Å². The first-order valence-corrected chi connectivity index (χ1v) is 11.0. The van der Waals surface area contributed by atoms with Gasteiger partial charge in [0.15, 0.2) is 0 Å². The molecule has 0 saturated carbocycles. The van der Waals surface area contributed by atoms with Crippen molar-refractivity contribution in [2.24, 2.45) is 0 Å². The van der Waals surface area contributed by atoms with Crippen molar-refractivity contribution in [3.63, 3.8) is 0 Å². The van der Waals surface area contributed by atoms with E-state index in [2.05, 4.69) is 0 Å². The minimum Gasteiger partial charge on any atom is -0.507 e. The molecule has 172 valence electrons. The van der Waals surface area contributed by atoms with Crippen LogP contribution in [-0.2, 0) is 9.59 Å². The van der Waals surface area contributed by atoms with Gasteiger partial charge in [0.05, 0.1) is 23.8 Å². The summed E-state index contributed by atoms with van der Waals surface area (Å²) >= 11 is 0. The first-order chi connectivity index (χ1) is 16.3. The summed E-state index contributed by atoms with van der Waals surface area (Å²) in [5, 5.41) is 11.4. The normalized spacial score (nSPS) is 19.2. The van der Waals surface area contributed by atoms with Crippen LogP contribution in [0.1, 0.15) is 22.7 Å². The van der Waals surface area contributed by atoms with Crippen molar-refractivity contribution in [1.82, 2.24) is 0 Å². The van der Waals surface area contributed by atoms with Crippen molar-refractivity contribution in [3.05, 3.63) is 94.8 Å². The van der Waals surface area contributed by atoms with E-state index in [0.717, 1.165) is 11.3 Å². The molecule has 0 aromatic heterocycles. The molecule has 2 aliphatic rings. The maximum Gasteiger partial charge on any atom is 0.300 e. The predicted octanol–water partition coefficient (Wildman–Crippen LogP) is 4.59. The highest BCUT2D eigenvalue weighted by molar-refractivity contribution is 6.51. The monoisotopic (exact) mass is 458 g/mol. The van der Waals surface area contributed by atoms with Crippen molar-refractivity contribution in [2.75, 3.05) is 30.0 Å². The van der Waals surface area contributed by atoms with E-state index in [4.69, 9.17) is 4.74 Å². The van der Waals surface area contributed by atoms with E-state index in [-0.39, 0.29) is 11.3 Å². The Morgan fingerprint density at radius 3 is 2.56 bits per heavy atom. The Bertz CT molecular complexity index is 1330. The van der Waals surface area contributed by atoms with E-state index in [1.807, 2.05) is 43.1 Å². The molecule has 3 aromatic carbocycles. The minimum absolute atomic E-state index is 0.0146. The average Bonchev–Trinajstić information content (AvgIpc) is 3.10. The standard InChI is InChI=1S/C27H23FN2O4/c1-16-4-3-5-17(14-16)24-23(26(32)27(33)30(24)20-9-7-19(28)8-10-20)25(31)18-6-11-22-21(15-18)29(2)12-13-34-22/h3-11,14-15,24,31H,12-13H2,1-2H3/b25-23-. The fourth-order valence-corrected chi connectivity index (χ4v) is 4.51. The van der Waals surface area contributed by atoms with Crippen LogP contribution < -0.4 is 14.5 Å². The number of rotatable bonds is 3. The molecule has 0 spiro atoms. The van der Waals surface area contributed by atoms with Crippen LogP contribution in [0.4, 0.5) is 15.8 Å². The van der Waals surface area contributed by atoms with Crippen LogP contribution in [0.15, 0.2) is 72.3 Å². The number of benzene rings is 3. The van der Waals surface area contributed by atoms with Gasteiger partial charge in [-0.3, -0.25) is 14.5 Å². The van der Waals surface area contributed by atoms with Gasteiger partial charge in [0.1, 0.15) is 23.9 Å². The van der Waals surface area contributed by atoms with Crippen LogP contribution in [0.3, 0.4) is 0 Å². The minimum atomic E-state index is -0.865. The lowest BCUT2D eigenvalue weighted by molar-refractivity contribution is -0.132. The summed E-state index contributed by atoms with van der Waals surface area (Å²) in [6.45, 7) is 3.16. The summed E-state index contributed by atoms with van der Waals surface area (Å²) in [7, 11) is 1.92. The van der Waals surface area contributed by atoms with Crippen molar-refractivity contribution in [3.8, 4) is 5.75 Å². The lowest BCUT2D eigenvalue weighted by Crippen LogP contribution is -2.29. The number of halogens is 1. The third kappa shape index (κ3) is 3.59. The van der Waals surface area contributed by atoms with E-state index in [9.17, 15) is 19.1 Å². The molecule has 1 unspecified atom stereocenters. The number of aliphatic hydroxyl groups is 1. The molecule has 1 fully saturated rings. The van der Waals surface area contributed by atoms with Gasteiger partial charge in [0.25, 0.3) is 11.7 Å². The Kier molecular flexibility index (Phi) is 5.32. The number of fused-ring (bicyclic) bond motifs is 1. The van der Waals surface area contributed by atoms with Gasteiger partial charge in [0.2, 0.25) is 0 Å². The largest absolute Gasteiger partial charge is 0.507 e. The molecule has 1 saturated heterocycles. The molecule has 0 bridgehead atoms. The number of carbonyl (C=O) groups excluding carboxylic acids is 2. The number of aliphatic hydroxyl groups excluding tert-OH is 1.